The Morgan fingerprint density at radius 3 is 2.58 bits per heavy atom. The second-order valence-electron chi connectivity index (χ2n) is 11.3. The van der Waals surface area contributed by atoms with Crippen LogP contribution in [0.1, 0.15) is 102 Å². The first-order chi connectivity index (χ1) is 19.0. The molecule has 2 aliphatic rings. The van der Waals surface area contributed by atoms with Crippen LogP contribution >= 0.6 is 7.82 Å². The Balaban J connectivity index is 2.02. The predicted octanol–water partition coefficient (Wildman–Crippen LogP) is 6.90. The molecule has 0 radical (unpaired) electrons. The van der Waals surface area contributed by atoms with E-state index in [1.807, 2.05) is 13.0 Å². The molecule has 0 spiro atoms. The number of hydrogen-bond acceptors (Lipinski definition) is 8. The molecule has 3 atom stereocenters. The number of aryl methyl sites for hydroxylation is 1. The molecule has 1 saturated carbocycles. The molecule has 0 saturated heterocycles. The van der Waals surface area contributed by atoms with Gasteiger partial charge in [0.15, 0.2) is 5.60 Å². The number of rotatable bonds is 14. The number of phenols is 1. The van der Waals surface area contributed by atoms with Gasteiger partial charge in [0.2, 0.25) is 0 Å². The van der Waals surface area contributed by atoms with Crippen LogP contribution in [0, 0.1) is 5.92 Å². The lowest BCUT2D eigenvalue weighted by Gasteiger charge is -2.39. The van der Waals surface area contributed by atoms with Crippen molar-refractivity contribution in [1.82, 2.24) is 0 Å². The quantitative estimate of drug-likeness (QED) is 0.0835. The predicted molar refractivity (Wildman–Crippen MR) is 153 cm³/mol. The average Bonchev–Trinajstić information content (AvgIpc) is 2.89. The molecule has 1 unspecified atom stereocenters. The fourth-order valence-corrected chi connectivity index (χ4v) is 6.87. The lowest BCUT2D eigenvalue weighted by molar-refractivity contribution is -0.240. The third kappa shape index (κ3) is 8.53. The largest absolute Gasteiger partial charge is 0.756 e. The number of phosphoric ester groups is 1. The number of benzene rings is 1. The molecule has 224 valence electrons. The zero-order valence-electron chi connectivity index (χ0n) is 24.5. The van der Waals surface area contributed by atoms with Gasteiger partial charge >= 0.3 is 5.97 Å². The number of carbonyl (C=O) groups excluding carboxylic acids is 1. The number of esters is 1. The number of methoxy groups -OCH3 is 1. The van der Waals surface area contributed by atoms with Gasteiger partial charge in [0.1, 0.15) is 11.5 Å². The van der Waals surface area contributed by atoms with Crippen LogP contribution < -0.4 is 9.63 Å². The molecule has 0 aromatic heterocycles. The van der Waals surface area contributed by atoms with Crippen LogP contribution in [0.25, 0.3) is 0 Å². The lowest BCUT2D eigenvalue weighted by atomic mass is 9.73. The summed E-state index contributed by atoms with van der Waals surface area (Å²) in [5.41, 5.74) is 1.87. The first-order valence-electron chi connectivity index (χ1n) is 14.6. The zero-order chi connectivity index (χ0) is 29.3. The van der Waals surface area contributed by atoms with Crippen molar-refractivity contribution < 1.29 is 37.9 Å². The average molecular weight is 578 g/mol. The van der Waals surface area contributed by atoms with E-state index in [1.54, 1.807) is 6.07 Å². The van der Waals surface area contributed by atoms with Gasteiger partial charge < -0.3 is 24.0 Å². The van der Waals surface area contributed by atoms with E-state index < -0.39 is 19.4 Å². The molecule has 1 N–H and O–H groups in total. The van der Waals surface area contributed by atoms with E-state index in [1.165, 1.54) is 12.7 Å². The van der Waals surface area contributed by atoms with Gasteiger partial charge in [-0.3, -0.25) is 9.09 Å². The standard InChI is InChI=1S/C31H47O8P/c1-6-7-9-12-24-20-27(32)29(26-19-23(4)13-14-25(26)22(2)3)28(21-24)38-30(33)31(15-10-8-11-16-31)39-40(34,35)37-18-17-36-5/h19-21,25-26,32H,2,6-18H2,1,3-5H3,(H,34,35)/p-1/t25-,26+/m0/s1. The Bertz CT molecular complexity index is 1100. The number of ether oxygens (including phenoxy) is 2. The molecule has 0 amide bonds. The molecular formula is C31H46O8P-. The minimum absolute atomic E-state index is 0.0638. The van der Waals surface area contributed by atoms with Crippen molar-refractivity contribution in [2.75, 3.05) is 20.3 Å². The van der Waals surface area contributed by atoms with Crippen molar-refractivity contribution >= 4 is 13.8 Å². The fraction of sp³-hybridized carbons (Fsp3) is 0.645. The van der Waals surface area contributed by atoms with Crippen molar-refractivity contribution in [3.8, 4) is 11.5 Å². The summed E-state index contributed by atoms with van der Waals surface area (Å²) in [7, 11) is -3.39. The Hall–Kier alpha value is -1.96. The minimum Gasteiger partial charge on any atom is -0.756 e. The maximum Gasteiger partial charge on any atom is 0.344 e. The Labute approximate surface area is 239 Å². The molecule has 1 aromatic carbocycles. The first kappa shape index (κ1) is 32.6. The summed E-state index contributed by atoms with van der Waals surface area (Å²) in [5, 5.41) is 11.4. The van der Waals surface area contributed by atoms with Crippen LogP contribution in [0.4, 0.5) is 0 Å². The number of allylic oxidation sites excluding steroid dienone is 3. The van der Waals surface area contributed by atoms with Gasteiger partial charge in [-0.2, -0.15) is 0 Å². The molecule has 0 aliphatic heterocycles. The lowest BCUT2D eigenvalue weighted by Crippen LogP contribution is -2.46. The number of phosphoric acid groups is 1. The van der Waals surface area contributed by atoms with Crippen LogP contribution in [-0.4, -0.2) is 37.0 Å². The van der Waals surface area contributed by atoms with Crippen molar-refractivity contribution in [3.63, 3.8) is 0 Å². The van der Waals surface area contributed by atoms with E-state index in [9.17, 15) is 19.4 Å². The van der Waals surface area contributed by atoms with Crippen molar-refractivity contribution in [2.45, 2.75) is 103 Å². The smallest absolute Gasteiger partial charge is 0.344 e. The highest BCUT2D eigenvalue weighted by molar-refractivity contribution is 7.46. The van der Waals surface area contributed by atoms with Gasteiger partial charge in [-0.25, -0.2) is 4.79 Å². The number of hydrogen-bond donors (Lipinski definition) is 1. The van der Waals surface area contributed by atoms with E-state index in [4.69, 9.17) is 18.5 Å². The molecule has 0 bridgehead atoms. The van der Waals surface area contributed by atoms with E-state index >= 15 is 0 Å². The molecule has 40 heavy (non-hydrogen) atoms. The van der Waals surface area contributed by atoms with Crippen LogP contribution in [0.5, 0.6) is 11.5 Å². The maximum absolute atomic E-state index is 13.9. The normalized spacial score (nSPS) is 22.3. The Morgan fingerprint density at radius 1 is 1.20 bits per heavy atom. The van der Waals surface area contributed by atoms with Crippen LogP contribution in [-0.2, 0) is 29.6 Å². The molecular weight excluding hydrogens is 531 g/mol. The summed E-state index contributed by atoms with van der Waals surface area (Å²) in [6.45, 7) is 10.2. The highest BCUT2D eigenvalue weighted by atomic mass is 31.2. The SMILES string of the molecule is C=C(C)[C@@H]1CCC(C)=C[C@H]1c1c(O)cc(CCCCC)cc1OC(=O)C1(OP(=O)([O-])OCCOC)CCCCC1. The number of carbonyl (C=O) groups is 1. The van der Waals surface area contributed by atoms with Gasteiger partial charge in [-0.15, -0.1) is 0 Å². The van der Waals surface area contributed by atoms with E-state index in [0.717, 1.165) is 56.1 Å². The Kier molecular flexibility index (Phi) is 12.0. The zero-order valence-corrected chi connectivity index (χ0v) is 25.4. The maximum atomic E-state index is 13.9. The summed E-state index contributed by atoms with van der Waals surface area (Å²) in [6.07, 6.45) is 10.2. The van der Waals surface area contributed by atoms with Gasteiger partial charge in [0, 0.05) is 18.6 Å². The molecule has 1 fully saturated rings. The third-order valence-corrected chi connectivity index (χ3v) is 9.09. The molecule has 0 heterocycles. The summed E-state index contributed by atoms with van der Waals surface area (Å²) >= 11 is 0. The van der Waals surface area contributed by atoms with E-state index in [-0.39, 0.29) is 49.4 Å². The van der Waals surface area contributed by atoms with Crippen LogP contribution in [0.2, 0.25) is 0 Å². The summed E-state index contributed by atoms with van der Waals surface area (Å²) < 4.78 is 34.1. The van der Waals surface area contributed by atoms with Gasteiger partial charge in [-0.05, 0) is 88.8 Å². The second-order valence-corrected chi connectivity index (χ2v) is 12.7. The first-order valence-corrected chi connectivity index (χ1v) is 16.0. The molecule has 8 nitrogen and oxygen atoms in total. The van der Waals surface area contributed by atoms with Gasteiger partial charge in [0.05, 0.1) is 13.2 Å². The van der Waals surface area contributed by atoms with Crippen molar-refractivity contribution in [3.05, 3.63) is 47.1 Å². The monoisotopic (exact) mass is 577 g/mol. The second kappa shape index (κ2) is 14.8. The van der Waals surface area contributed by atoms with Crippen molar-refractivity contribution in [2.24, 2.45) is 5.92 Å². The molecule has 9 heteroatoms. The van der Waals surface area contributed by atoms with E-state index in [2.05, 4.69) is 26.5 Å². The number of aromatic hydroxyl groups is 1. The topological polar surface area (TPSA) is 114 Å². The van der Waals surface area contributed by atoms with Gasteiger partial charge in [-0.1, -0.05) is 50.0 Å². The Morgan fingerprint density at radius 2 is 1.93 bits per heavy atom. The summed E-state index contributed by atoms with van der Waals surface area (Å²) in [5.74, 6) is -0.643. The summed E-state index contributed by atoms with van der Waals surface area (Å²) in [6, 6.07) is 3.58. The van der Waals surface area contributed by atoms with Gasteiger partial charge in [0.25, 0.3) is 7.82 Å². The third-order valence-electron chi connectivity index (χ3n) is 8.02. The summed E-state index contributed by atoms with van der Waals surface area (Å²) in [4.78, 5) is 26.6. The minimum atomic E-state index is -4.82. The fourth-order valence-electron chi connectivity index (χ4n) is 5.84. The molecule has 2 aliphatic carbocycles. The number of phenolic OH excluding ortho intramolecular Hbond substituents is 1. The highest BCUT2D eigenvalue weighted by Crippen LogP contribution is 2.50. The van der Waals surface area contributed by atoms with E-state index in [0.29, 0.717) is 18.4 Å². The molecule has 1 aromatic rings. The highest BCUT2D eigenvalue weighted by Gasteiger charge is 2.46. The number of unbranched alkanes of at least 4 members (excludes halogenated alkanes) is 2. The molecule has 3 rings (SSSR count). The van der Waals surface area contributed by atoms with Crippen LogP contribution in [0.15, 0.2) is 35.9 Å². The van der Waals surface area contributed by atoms with Crippen LogP contribution in [0.3, 0.4) is 0 Å². The van der Waals surface area contributed by atoms with Crippen molar-refractivity contribution in [1.29, 1.82) is 0 Å².